The number of benzene rings is 1. The molecule has 1 heterocycles. The lowest BCUT2D eigenvalue weighted by Gasteiger charge is -2.19. The molecule has 2 aromatic rings. The predicted molar refractivity (Wildman–Crippen MR) is 81.3 cm³/mol. The average Bonchev–Trinajstić information content (AvgIpc) is 2.47. The molecule has 0 saturated carbocycles. The van der Waals surface area contributed by atoms with E-state index >= 15 is 0 Å². The van der Waals surface area contributed by atoms with Gasteiger partial charge in [0.1, 0.15) is 11.6 Å². The first-order valence-corrected chi connectivity index (χ1v) is 6.66. The molecule has 0 fully saturated rings. The van der Waals surface area contributed by atoms with Crippen LogP contribution in [0.2, 0.25) is 0 Å². The van der Waals surface area contributed by atoms with Crippen molar-refractivity contribution in [3.8, 4) is 5.75 Å². The number of methoxy groups -OCH3 is 2. The van der Waals surface area contributed by atoms with Crippen molar-refractivity contribution in [2.75, 3.05) is 32.7 Å². The second-order valence-corrected chi connectivity index (χ2v) is 4.62. The van der Waals surface area contributed by atoms with Gasteiger partial charge in [-0.15, -0.1) is 0 Å². The molecule has 5 nitrogen and oxygen atoms in total. The third kappa shape index (κ3) is 3.37. The highest BCUT2D eigenvalue weighted by molar-refractivity contribution is 5.92. The molecule has 1 aromatic carbocycles. The number of rotatable bonds is 7. The van der Waals surface area contributed by atoms with E-state index in [1.165, 1.54) is 0 Å². The number of hydrogen-bond donors (Lipinski definition) is 2. The zero-order valence-electron chi connectivity index (χ0n) is 11.9. The summed E-state index contributed by atoms with van der Waals surface area (Å²) < 4.78 is 10.5. The van der Waals surface area contributed by atoms with E-state index < -0.39 is 0 Å². The van der Waals surface area contributed by atoms with Crippen molar-refractivity contribution >= 4 is 16.6 Å². The molecule has 0 saturated heterocycles. The molecule has 0 bridgehead atoms. The van der Waals surface area contributed by atoms with Crippen molar-refractivity contribution in [3.63, 3.8) is 0 Å². The Bertz CT molecular complexity index is 554. The van der Waals surface area contributed by atoms with E-state index in [0.29, 0.717) is 13.2 Å². The molecule has 2 rings (SSSR count). The van der Waals surface area contributed by atoms with Crippen molar-refractivity contribution in [2.24, 2.45) is 5.73 Å². The second kappa shape index (κ2) is 7.07. The van der Waals surface area contributed by atoms with Gasteiger partial charge in [-0.25, -0.2) is 4.98 Å². The standard InChI is InChI=1S/C15H21N3O2/c1-19-10-12(5-7-16)18-15-14-9-13(20-2)4-3-11(14)6-8-17-15/h3-4,6,8-9,12H,5,7,10,16H2,1-2H3,(H,17,18). The van der Waals surface area contributed by atoms with Gasteiger partial charge in [-0.2, -0.15) is 0 Å². The maximum absolute atomic E-state index is 5.64. The summed E-state index contributed by atoms with van der Waals surface area (Å²) in [5, 5.41) is 5.55. The first-order valence-electron chi connectivity index (χ1n) is 6.66. The fourth-order valence-corrected chi connectivity index (χ4v) is 2.18. The van der Waals surface area contributed by atoms with Gasteiger partial charge in [0.15, 0.2) is 0 Å². The van der Waals surface area contributed by atoms with Crippen LogP contribution in [-0.4, -0.2) is 38.4 Å². The lowest BCUT2D eigenvalue weighted by Crippen LogP contribution is -2.28. The van der Waals surface area contributed by atoms with E-state index in [4.69, 9.17) is 15.2 Å². The first kappa shape index (κ1) is 14.6. The molecule has 0 aliphatic carbocycles. The molecule has 3 N–H and O–H groups in total. The number of nitrogens with two attached hydrogens (primary N) is 1. The van der Waals surface area contributed by atoms with E-state index in [2.05, 4.69) is 10.3 Å². The molecule has 108 valence electrons. The number of ether oxygens (including phenoxy) is 2. The number of aromatic nitrogens is 1. The van der Waals surface area contributed by atoms with Crippen LogP contribution in [0.15, 0.2) is 30.5 Å². The Labute approximate surface area is 119 Å². The maximum atomic E-state index is 5.64. The van der Waals surface area contributed by atoms with Crippen molar-refractivity contribution in [1.82, 2.24) is 4.98 Å². The minimum Gasteiger partial charge on any atom is -0.497 e. The van der Waals surface area contributed by atoms with E-state index in [9.17, 15) is 0 Å². The third-order valence-electron chi connectivity index (χ3n) is 3.20. The summed E-state index contributed by atoms with van der Waals surface area (Å²) in [7, 11) is 3.34. The van der Waals surface area contributed by atoms with Crippen LogP contribution in [0.5, 0.6) is 5.75 Å². The van der Waals surface area contributed by atoms with Gasteiger partial charge < -0.3 is 20.5 Å². The lowest BCUT2D eigenvalue weighted by molar-refractivity contribution is 0.183. The SMILES string of the molecule is COCC(CCN)Nc1nccc2ccc(OC)cc12. The number of pyridine rings is 1. The largest absolute Gasteiger partial charge is 0.497 e. The van der Waals surface area contributed by atoms with Crippen LogP contribution < -0.4 is 15.8 Å². The second-order valence-electron chi connectivity index (χ2n) is 4.62. The summed E-state index contributed by atoms with van der Waals surface area (Å²) in [4.78, 5) is 4.42. The van der Waals surface area contributed by atoms with Crippen LogP contribution in [0, 0.1) is 0 Å². The topological polar surface area (TPSA) is 69.4 Å². The minimum atomic E-state index is 0.148. The molecule has 0 spiro atoms. The van der Waals surface area contributed by atoms with Gasteiger partial charge in [-0.05, 0) is 36.6 Å². The van der Waals surface area contributed by atoms with Crippen molar-refractivity contribution in [1.29, 1.82) is 0 Å². The number of nitrogens with one attached hydrogen (secondary N) is 1. The van der Waals surface area contributed by atoms with Crippen molar-refractivity contribution in [3.05, 3.63) is 30.5 Å². The summed E-state index contributed by atoms with van der Waals surface area (Å²) >= 11 is 0. The van der Waals surface area contributed by atoms with Gasteiger partial charge in [-0.1, -0.05) is 6.07 Å². The van der Waals surface area contributed by atoms with Crippen LogP contribution in [0.3, 0.4) is 0 Å². The lowest BCUT2D eigenvalue weighted by atomic mass is 10.1. The molecule has 0 aliphatic rings. The molecule has 0 radical (unpaired) electrons. The van der Waals surface area contributed by atoms with Gasteiger partial charge in [0.25, 0.3) is 0 Å². The van der Waals surface area contributed by atoms with Gasteiger partial charge in [0.2, 0.25) is 0 Å². The average molecular weight is 275 g/mol. The minimum absolute atomic E-state index is 0.148. The Balaban J connectivity index is 2.32. The Morgan fingerprint density at radius 1 is 1.30 bits per heavy atom. The fourth-order valence-electron chi connectivity index (χ4n) is 2.18. The van der Waals surface area contributed by atoms with Gasteiger partial charge in [0.05, 0.1) is 19.8 Å². The van der Waals surface area contributed by atoms with Crippen LogP contribution in [0.25, 0.3) is 10.8 Å². The Hall–Kier alpha value is -1.85. The normalized spacial score (nSPS) is 12.3. The van der Waals surface area contributed by atoms with Crippen LogP contribution in [0.4, 0.5) is 5.82 Å². The van der Waals surface area contributed by atoms with Crippen LogP contribution in [0.1, 0.15) is 6.42 Å². The zero-order valence-corrected chi connectivity index (χ0v) is 11.9. The smallest absolute Gasteiger partial charge is 0.134 e. The van der Waals surface area contributed by atoms with Gasteiger partial charge in [-0.3, -0.25) is 0 Å². The molecule has 5 heteroatoms. The molecule has 0 amide bonds. The first-order chi connectivity index (χ1) is 9.78. The molecule has 20 heavy (non-hydrogen) atoms. The van der Waals surface area contributed by atoms with E-state index in [0.717, 1.165) is 28.8 Å². The number of fused-ring (bicyclic) bond motifs is 1. The summed E-state index contributed by atoms with van der Waals surface area (Å²) in [6.07, 6.45) is 2.62. The van der Waals surface area contributed by atoms with Crippen molar-refractivity contribution in [2.45, 2.75) is 12.5 Å². The van der Waals surface area contributed by atoms with E-state index in [1.807, 2.05) is 24.3 Å². The summed E-state index contributed by atoms with van der Waals surface area (Å²) in [5.41, 5.74) is 5.64. The highest BCUT2D eigenvalue weighted by Crippen LogP contribution is 2.26. The molecule has 0 aliphatic heterocycles. The molecular weight excluding hydrogens is 254 g/mol. The predicted octanol–water partition coefficient (Wildman–Crippen LogP) is 2.02. The monoisotopic (exact) mass is 275 g/mol. The summed E-state index contributed by atoms with van der Waals surface area (Å²) in [6, 6.07) is 8.08. The van der Waals surface area contributed by atoms with Gasteiger partial charge >= 0.3 is 0 Å². The summed E-state index contributed by atoms with van der Waals surface area (Å²) in [6.45, 7) is 1.20. The molecule has 1 atom stereocenters. The fraction of sp³-hybridized carbons (Fsp3) is 0.400. The van der Waals surface area contributed by atoms with Gasteiger partial charge in [0, 0.05) is 18.7 Å². The van der Waals surface area contributed by atoms with Crippen LogP contribution >= 0.6 is 0 Å². The Morgan fingerprint density at radius 3 is 2.85 bits per heavy atom. The van der Waals surface area contributed by atoms with E-state index in [1.54, 1.807) is 20.4 Å². The highest BCUT2D eigenvalue weighted by atomic mass is 16.5. The van der Waals surface area contributed by atoms with Crippen LogP contribution in [-0.2, 0) is 4.74 Å². The maximum Gasteiger partial charge on any atom is 0.134 e. The third-order valence-corrected chi connectivity index (χ3v) is 3.20. The zero-order chi connectivity index (χ0) is 14.4. The quantitative estimate of drug-likeness (QED) is 0.809. The number of nitrogens with zero attached hydrogens (tertiary/aromatic N) is 1. The van der Waals surface area contributed by atoms with Crippen molar-refractivity contribution < 1.29 is 9.47 Å². The van der Waals surface area contributed by atoms with E-state index in [-0.39, 0.29) is 6.04 Å². The summed E-state index contributed by atoms with van der Waals surface area (Å²) in [5.74, 6) is 1.65. The molecular formula is C15H21N3O2. The molecule has 1 aromatic heterocycles. The number of anilines is 1. The Kier molecular flexibility index (Phi) is 5.15. The Morgan fingerprint density at radius 2 is 2.15 bits per heavy atom. The number of hydrogen-bond acceptors (Lipinski definition) is 5. The highest BCUT2D eigenvalue weighted by Gasteiger charge is 2.11. The molecule has 1 unspecified atom stereocenters.